The summed E-state index contributed by atoms with van der Waals surface area (Å²) in [5, 5.41) is 0.646. The fraction of sp³-hybridized carbons (Fsp3) is 0.250. The predicted molar refractivity (Wildman–Crippen MR) is 70.6 cm³/mol. The van der Waals surface area contributed by atoms with Crippen LogP contribution in [0.2, 0.25) is 5.02 Å². The normalized spacial score (nSPS) is 9.75. The van der Waals surface area contributed by atoms with Crippen molar-refractivity contribution in [1.82, 2.24) is 4.90 Å². The lowest BCUT2D eigenvalue weighted by molar-refractivity contribution is 0.104. The maximum absolute atomic E-state index is 11.5. The fourth-order valence-electron chi connectivity index (χ4n) is 1.38. The molecule has 0 radical (unpaired) electrons. The monoisotopic (exact) mass is 259 g/mol. The van der Waals surface area contributed by atoms with Gasteiger partial charge in [-0.15, -0.1) is 12.4 Å². The smallest absolute Gasteiger partial charge is 0.185 e. The molecule has 0 amide bonds. The first-order valence-electron chi connectivity index (χ1n) is 4.64. The molecule has 0 N–H and O–H groups in total. The van der Waals surface area contributed by atoms with Gasteiger partial charge in [0.2, 0.25) is 0 Å². The Morgan fingerprint density at radius 1 is 1.50 bits per heavy atom. The molecule has 16 heavy (non-hydrogen) atoms. The van der Waals surface area contributed by atoms with Crippen molar-refractivity contribution in [3.63, 3.8) is 0 Å². The van der Waals surface area contributed by atoms with Gasteiger partial charge in [0.05, 0.1) is 0 Å². The lowest BCUT2D eigenvalue weighted by Crippen LogP contribution is -2.13. The van der Waals surface area contributed by atoms with Gasteiger partial charge in [0, 0.05) is 17.1 Å². The largest absolute Gasteiger partial charge is 0.305 e. The number of carbonyl (C=O) groups excluding carboxylic acids is 1. The van der Waals surface area contributed by atoms with Gasteiger partial charge in [0.25, 0.3) is 0 Å². The van der Waals surface area contributed by atoms with E-state index >= 15 is 0 Å². The third-order valence-electron chi connectivity index (χ3n) is 2.00. The summed E-state index contributed by atoms with van der Waals surface area (Å²) in [6.07, 6.45) is 1.32. The summed E-state index contributed by atoms with van der Waals surface area (Å²) in [7, 11) is 3.89. The van der Waals surface area contributed by atoms with E-state index in [1.165, 1.54) is 6.08 Å². The quantitative estimate of drug-likeness (QED) is 0.612. The van der Waals surface area contributed by atoms with E-state index in [0.717, 1.165) is 5.56 Å². The number of hydrogen-bond acceptors (Lipinski definition) is 2. The minimum absolute atomic E-state index is 0. The highest BCUT2D eigenvalue weighted by atomic mass is 35.5. The minimum atomic E-state index is -0.0662. The zero-order valence-corrected chi connectivity index (χ0v) is 10.9. The topological polar surface area (TPSA) is 20.3 Å². The first kappa shape index (κ1) is 15.2. The molecule has 0 unspecified atom stereocenters. The molecule has 0 bridgehead atoms. The Kier molecular flexibility index (Phi) is 6.34. The Morgan fingerprint density at radius 3 is 2.62 bits per heavy atom. The van der Waals surface area contributed by atoms with Crippen LogP contribution in [0.15, 0.2) is 30.9 Å². The Balaban J connectivity index is 0.00000225. The van der Waals surface area contributed by atoms with Crippen LogP contribution in [0.4, 0.5) is 0 Å². The van der Waals surface area contributed by atoms with Crippen LogP contribution in [0.3, 0.4) is 0 Å². The number of rotatable bonds is 4. The van der Waals surface area contributed by atoms with Crippen LogP contribution in [0.5, 0.6) is 0 Å². The van der Waals surface area contributed by atoms with Crippen LogP contribution in [0.1, 0.15) is 15.9 Å². The Labute approximate surface area is 107 Å². The summed E-state index contributed by atoms with van der Waals surface area (Å²) in [6.45, 7) is 4.17. The fourth-order valence-corrected chi connectivity index (χ4v) is 1.58. The Hall–Kier alpha value is -0.830. The van der Waals surface area contributed by atoms with Crippen molar-refractivity contribution in [1.29, 1.82) is 0 Å². The lowest BCUT2D eigenvalue weighted by atomic mass is 10.0. The first-order chi connectivity index (χ1) is 7.04. The van der Waals surface area contributed by atoms with E-state index in [1.54, 1.807) is 12.1 Å². The molecule has 1 aromatic carbocycles. The molecular weight excluding hydrogens is 245 g/mol. The van der Waals surface area contributed by atoms with Gasteiger partial charge in [-0.1, -0.05) is 18.2 Å². The molecule has 0 aliphatic heterocycles. The van der Waals surface area contributed by atoms with E-state index < -0.39 is 0 Å². The number of hydrogen-bond donors (Lipinski definition) is 0. The van der Waals surface area contributed by atoms with Crippen molar-refractivity contribution in [2.75, 3.05) is 14.1 Å². The van der Waals surface area contributed by atoms with Gasteiger partial charge >= 0.3 is 0 Å². The average Bonchev–Trinajstić information content (AvgIpc) is 2.16. The van der Waals surface area contributed by atoms with Gasteiger partial charge < -0.3 is 4.90 Å². The summed E-state index contributed by atoms with van der Waals surface area (Å²) in [5.41, 5.74) is 1.60. The minimum Gasteiger partial charge on any atom is -0.305 e. The van der Waals surface area contributed by atoms with Gasteiger partial charge in [0.15, 0.2) is 5.78 Å². The summed E-state index contributed by atoms with van der Waals surface area (Å²) in [5.74, 6) is -0.0662. The van der Waals surface area contributed by atoms with Crippen molar-refractivity contribution in [2.45, 2.75) is 6.54 Å². The molecule has 0 spiro atoms. The third kappa shape index (κ3) is 3.97. The van der Waals surface area contributed by atoms with Crippen molar-refractivity contribution in [3.8, 4) is 0 Å². The molecule has 0 fully saturated rings. The van der Waals surface area contributed by atoms with Gasteiger partial charge in [-0.3, -0.25) is 4.79 Å². The molecule has 0 aliphatic carbocycles. The number of allylic oxidation sites excluding steroid dienone is 1. The van der Waals surface area contributed by atoms with Crippen LogP contribution >= 0.6 is 24.0 Å². The van der Waals surface area contributed by atoms with Crippen molar-refractivity contribution in [3.05, 3.63) is 47.0 Å². The highest BCUT2D eigenvalue weighted by molar-refractivity contribution is 6.30. The summed E-state index contributed by atoms with van der Waals surface area (Å²) >= 11 is 5.89. The number of carbonyl (C=O) groups is 1. The highest BCUT2D eigenvalue weighted by Gasteiger charge is 2.09. The summed E-state index contributed by atoms with van der Waals surface area (Å²) < 4.78 is 0. The molecule has 0 heterocycles. The molecule has 2 nitrogen and oxygen atoms in total. The van der Waals surface area contributed by atoms with Crippen LogP contribution in [-0.2, 0) is 6.54 Å². The van der Waals surface area contributed by atoms with Crippen LogP contribution in [0, 0.1) is 0 Å². The molecule has 1 rings (SSSR count). The lowest BCUT2D eigenvalue weighted by Gasteiger charge is -2.13. The summed E-state index contributed by atoms with van der Waals surface area (Å²) in [6, 6.07) is 5.28. The van der Waals surface area contributed by atoms with Crippen LogP contribution < -0.4 is 0 Å². The van der Waals surface area contributed by atoms with Gasteiger partial charge in [-0.2, -0.15) is 0 Å². The zero-order chi connectivity index (χ0) is 11.4. The second-order valence-corrected chi connectivity index (χ2v) is 4.04. The number of ketones is 1. The van der Waals surface area contributed by atoms with E-state index in [2.05, 4.69) is 6.58 Å². The van der Waals surface area contributed by atoms with Crippen molar-refractivity contribution >= 4 is 29.8 Å². The Morgan fingerprint density at radius 2 is 2.12 bits per heavy atom. The Bertz CT molecular complexity index is 389. The average molecular weight is 260 g/mol. The van der Waals surface area contributed by atoms with Crippen LogP contribution in [0.25, 0.3) is 0 Å². The van der Waals surface area contributed by atoms with E-state index in [-0.39, 0.29) is 18.2 Å². The molecule has 0 aromatic heterocycles. The first-order valence-corrected chi connectivity index (χ1v) is 5.02. The van der Waals surface area contributed by atoms with E-state index in [1.807, 2.05) is 25.1 Å². The van der Waals surface area contributed by atoms with Gasteiger partial charge in [-0.05, 0) is 43.9 Å². The molecule has 0 saturated carbocycles. The number of nitrogens with zero attached hydrogens (tertiary/aromatic N) is 1. The molecule has 4 heteroatoms. The van der Waals surface area contributed by atoms with Crippen molar-refractivity contribution < 1.29 is 4.79 Å². The third-order valence-corrected chi connectivity index (χ3v) is 2.24. The SMILES string of the molecule is C=CC(=O)c1ccc(Cl)cc1CN(C)C.Cl. The van der Waals surface area contributed by atoms with E-state index in [9.17, 15) is 4.79 Å². The standard InChI is InChI=1S/C12H14ClNO.ClH/c1-4-12(15)11-6-5-10(13)7-9(11)8-14(2)3;/h4-7H,1,8H2,2-3H3;1H. The second-order valence-electron chi connectivity index (χ2n) is 3.61. The predicted octanol–water partition coefficient (Wildman–Crippen LogP) is 3.19. The number of benzene rings is 1. The zero-order valence-electron chi connectivity index (χ0n) is 9.37. The van der Waals surface area contributed by atoms with Crippen molar-refractivity contribution in [2.24, 2.45) is 0 Å². The molecule has 0 saturated heterocycles. The van der Waals surface area contributed by atoms with Gasteiger partial charge in [0.1, 0.15) is 0 Å². The maximum Gasteiger partial charge on any atom is 0.185 e. The van der Waals surface area contributed by atoms with E-state index in [4.69, 9.17) is 11.6 Å². The number of halogens is 2. The second kappa shape index (κ2) is 6.69. The molecule has 0 atom stereocenters. The molecular formula is C12H15Cl2NO. The molecule has 0 aliphatic rings. The highest BCUT2D eigenvalue weighted by Crippen LogP contribution is 2.18. The van der Waals surface area contributed by atoms with E-state index in [0.29, 0.717) is 17.1 Å². The molecule has 1 aromatic rings. The maximum atomic E-state index is 11.5. The molecule has 88 valence electrons. The van der Waals surface area contributed by atoms with Gasteiger partial charge in [-0.25, -0.2) is 0 Å². The summed E-state index contributed by atoms with van der Waals surface area (Å²) in [4.78, 5) is 13.5. The van der Waals surface area contributed by atoms with Crippen LogP contribution in [-0.4, -0.2) is 24.8 Å².